The molecule has 0 N–H and O–H groups in total. The van der Waals surface area contributed by atoms with Gasteiger partial charge in [0.2, 0.25) is 5.89 Å². The second-order valence-corrected chi connectivity index (χ2v) is 8.23. The molecule has 164 valence electrons. The molecule has 0 spiro atoms. The van der Waals surface area contributed by atoms with Crippen molar-refractivity contribution in [3.8, 4) is 11.6 Å². The summed E-state index contributed by atoms with van der Waals surface area (Å²) in [4.78, 5) is 19.9. The molecule has 0 radical (unpaired) electrons. The average molecular weight is 431 g/mol. The first kappa shape index (κ1) is 20.4. The summed E-state index contributed by atoms with van der Waals surface area (Å²) in [7, 11) is 1.83. The van der Waals surface area contributed by atoms with E-state index in [0.29, 0.717) is 29.7 Å². The quantitative estimate of drug-likeness (QED) is 0.481. The predicted molar refractivity (Wildman–Crippen MR) is 120 cm³/mol. The molecular formula is C24H26N6O2. The first-order valence-electron chi connectivity index (χ1n) is 11.1. The van der Waals surface area contributed by atoms with Gasteiger partial charge in [-0.2, -0.15) is 5.10 Å². The fraction of sp³-hybridized carbons (Fsp3) is 0.375. The highest BCUT2D eigenvalue weighted by molar-refractivity contribution is 5.94. The molecule has 1 aliphatic rings. The fourth-order valence-corrected chi connectivity index (χ4v) is 4.64. The molecule has 8 heteroatoms. The Balaban J connectivity index is 1.50. The number of aromatic nitrogens is 5. The lowest BCUT2D eigenvalue weighted by atomic mass is 10.0. The van der Waals surface area contributed by atoms with E-state index in [1.54, 1.807) is 10.9 Å². The van der Waals surface area contributed by atoms with Gasteiger partial charge in [-0.3, -0.25) is 14.5 Å². The summed E-state index contributed by atoms with van der Waals surface area (Å²) >= 11 is 0. The van der Waals surface area contributed by atoms with E-state index in [9.17, 15) is 4.79 Å². The number of aryl methyl sites for hydroxylation is 2. The molecule has 1 unspecified atom stereocenters. The van der Waals surface area contributed by atoms with Crippen LogP contribution in [0.4, 0.5) is 0 Å². The summed E-state index contributed by atoms with van der Waals surface area (Å²) in [6.07, 6.45) is 5.28. The number of carbonyl (C=O) groups excluding carboxylic acids is 1. The summed E-state index contributed by atoms with van der Waals surface area (Å²) in [5.74, 6) is 0.794. The highest BCUT2D eigenvalue weighted by Gasteiger charge is 2.35. The van der Waals surface area contributed by atoms with Gasteiger partial charge in [-0.15, -0.1) is 10.2 Å². The number of hydrogen-bond acceptors (Lipinski definition) is 6. The topological polar surface area (TPSA) is 89.9 Å². The first-order chi connectivity index (χ1) is 15.6. The number of piperidine rings is 1. The Morgan fingerprint density at radius 2 is 2.03 bits per heavy atom. The van der Waals surface area contributed by atoms with Crippen molar-refractivity contribution < 1.29 is 9.21 Å². The second kappa shape index (κ2) is 8.18. The van der Waals surface area contributed by atoms with Gasteiger partial charge in [0.15, 0.2) is 0 Å². The number of hydrogen-bond donors (Lipinski definition) is 0. The zero-order valence-corrected chi connectivity index (χ0v) is 18.6. The Hall–Kier alpha value is -3.55. The van der Waals surface area contributed by atoms with Gasteiger partial charge in [-0.05, 0) is 44.1 Å². The van der Waals surface area contributed by atoms with Gasteiger partial charge in [0.05, 0.1) is 5.69 Å². The van der Waals surface area contributed by atoms with Crippen LogP contribution in [0, 0.1) is 6.92 Å². The van der Waals surface area contributed by atoms with Crippen LogP contribution in [0.25, 0.3) is 22.4 Å². The number of pyridine rings is 1. The molecule has 8 nitrogen and oxygen atoms in total. The zero-order chi connectivity index (χ0) is 22.2. The predicted octanol–water partition coefficient (Wildman–Crippen LogP) is 4.26. The highest BCUT2D eigenvalue weighted by Crippen LogP contribution is 2.34. The van der Waals surface area contributed by atoms with Crippen LogP contribution in [0.15, 0.2) is 40.9 Å². The number of benzene rings is 1. The summed E-state index contributed by atoms with van der Waals surface area (Å²) in [5, 5.41) is 15.2. The minimum atomic E-state index is -0.258. The summed E-state index contributed by atoms with van der Waals surface area (Å²) < 4.78 is 7.82. The van der Waals surface area contributed by atoms with E-state index < -0.39 is 0 Å². The number of amides is 1. The van der Waals surface area contributed by atoms with Crippen LogP contribution in [0.3, 0.4) is 0 Å². The van der Waals surface area contributed by atoms with Crippen LogP contribution in [0.2, 0.25) is 0 Å². The zero-order valence-electron chi connectivity index (χ0n) is 18.6. The molecule has 0 bridgehead atoms. The molecule has 1 saturated heterocycles. The third-order valence-corrected chi connectivity index (χ3v) is 6.29. The van der Waals surface area contributed by atoms with Crippen LogP contribution in [-0.4, -0.2) is 42.3 Å². The van der Waals surface area contributed by atoms with Crippen molar-refractivity contribution in [3.05, 3.63) is 59.4 Å². The van der Waals surface area contributed by atoms with Gasteiger partial charge < -0.3 is 9.32 Å². The van der Waals surface area contributed by atoms with Crippen LogP contribution < -0.4 is 0 Å². The van der Waals surface area contributed by atoms with E-state index in [1.807, 2.05) is 49.2 Å². The fourth-order valence-electron chi connectivity index (χ4n) is 4.64. The van der Waals surface area contributed by atoms with Crippen LogP contribution >= 0.6 is 0 Å². The van der Waals surface area contributed by atoms with Gasteiger partial charge in [0.25, 0.3) is 11.8 Å². The molecule has 1 fully saturated rings. The van der Waals surface area contributed by atoms with E-state index in [1.165, 1.54) is 0 Å². The average Bonchev–Trinajstić information content (AvgIpc) is 3.42. The largest absolute Gasteiger partial charge is 0.417 e. The second-order valence-electron chi connectivity index (χ2n) is 8.23. The Labute approximate surface area is 186 Å². The Morgan fingerprint density at radius 3 is 2.84 bits per heavy atom. The van der Waals surface area contributed by atoms with Crippen LogP contribution in [0.5, 0.6) is 0 Å². The molecule has 1 aliphatic heterocycles. The van der Waals surface area contributed by atoms with E-state index in [2.05, 4.69) is 27.2 Å². The summed E-state index contributed by atoms with van der Waals surface area (Å²) in [6, 6.07) is 9.67. The molecule has 1 amide bonds. The molecule has 0 saturated carbocycles. The van der Waals surface area contributed by atoms with E-state index in [0.717, 1.165) is 47.7 Å². The van der Waals surface area contributed by atoms with Crippen molar-refractivity contribution in [3.63, 3.8) is 0 Å². The summed E-state index contributed by atoms with van der Waals surface area (Å²) in [5.41, 5.74) is 3.18. The molecular weight excluding hydrogens is 404 g/mol. The van der Waals surface area contributed by atoms with Crippen molar-refractivity contribution in [2.75, 3.05) is 6.54 Å². The molecule has 1 atom stereocenters. The Morgan fingerprint density at radius 1 is 1.19 bits per heavy atom. The van der Waals surface area contributed by atoms with Gasteiger partial charge in [-0.1, -0.05) is 31.2 Å². The third kappa shape index (κ3) is 3.36. The molecule has 4 aromatic rings. The minimum absolute atomic E-state index is 0.0371. The van der Waals surface area contributed by atoms with Gasteiger partial charge in [0, 0.05) is 30.7 Å². The maximum absolute atomic E-state index is 13.6. The maximum atomic E-state index is 13.6. The van der Waals surface area contributed by atoms with Gasteiger partial charge in [-0.25, -0.2) is 0 Å². The number of carbonyl (C=O) groups is 1. The number of rotatable bonds is 4. The van der Waals surface area contributed by atoms with Crippen molar-refractivity contribution in [1.82, 2.24) is 29.9 Å². The third-order valence-electron chi connectivity index (χ3n) is 6.29. The van der Waals surface area contributed by atoms with Crippen molar-refractivity contribution in [2.45, 2.75) is 45.6 Å². The highest BCUT2D eigenvalue weighted by atomic mass is 16.4. The smallest absolute Gasteiger partial charge is 0.273 e. The molecule has 32 heavy (non-hydrogen) atoms. The first-order valence-corrected chi connectivity index (χ1v) is 11.1. The molecule has 4 heterocycles. The normalized spacial score (nSPS) is 16.6. The van der Waals surface area contributed by atoms with Crippen molar-refractivity contribution in [2.24, 2.45) is 7.05 Å². The summed E-state index contributed by atoms with van der Waals surface area (Å²) in [6.45, 7) is 4.67. The molecule has 3 aromatic heterocycles. The molecule has 5 rings (SSSR count). The maximum Gasteiger partial charge on any atom is 0.273 e. The lowest BCUT2D eigenvalue weighted by molar-refractivity contribution is 0.0560. The van der Waals surface area contributed by atoms with Crippen LogP contribution in [-0.2, 0) is 13.5 Å². The van der Waals surface area contributed by atoms with E-state index >= 15 is 0 Å². The SMILES string of the molecule is CCc1nn(C)c(C(=O)N2CCCCC2c2nnc(-c3nccc4ccccc34)o2)c1C. The van der Waals surface area contributed by atoms with E-state index in [-0.39, 0.29) is 11.9 Å². The minimum Gasteiger partial charge on any atom is -0.417 e. The molecule has 0 aliphatic carbocycles. The van der Waals surface area contributed by atoms with Crippen LogP contribution in [0.1, 0.15) is 59.9 Å². The standard InChI is InChI=1S/C24H26N6O2/c1-4-18-15(2)21(29(3)28-18)24(31)30-14-8-7-11-19(30)22-26-27-23(32-22)20-17-10-6-5-9-16(17)12-13-25-20/h5-6,9-10,12-13,19H,4,7-8,11,14H2,1-3H3. The van der Waals surface area contributed by atoms with Gasteiger partial charge in [0.1, 0.15) is 17.4 Å². The lowest BCUT2D eigenvalue weighted by Gasteiger charge is -2.33. The van der Waals surface area contributed by atoms with Crippen molar-refractivity contribution in [1.29, 1.82) is 0 Å². The monoisotopic (exact) mass is 430 g/mol. The lowest BCUT2D eigenvalue weighted by Crippen LogP contribution is -2.39. The Bertz CT molecular complexity index is 1290. The van der Waals surface area contributed by atoms with Gasteiger partial charge >= 0.3 is 0 Å². The number of fused-ring (bicyclic) bond motifs is 1. The molecule has 1 aromatic carbocycles. The number of nitrogens with zero attached hydrogens (tertiary/aromatic N) is 6. The Kier molecular flexibility index (Phi) is 5.20. The number of likely N-dealkylation sites (tertiary alicyclic amines) is 1. The van der Waals surface area contributed by atoms with E-state index in [4.69, 9.17) is 4.42 Å². The van der Waals surface area contributed by atoms with Crippen molar-refractivity contribution >= 4 is 16.7 Å².